The number of amides is 1. The molecule has 18 heavy (non-hydrogen) atoms. The lowest BCUT2D eigenvalue weighted by Crippen LogP contribution is -2.54. The van der Waals surface area contributed by atoms with Gasteiger partial charge in [0.25, 0.3) is 0 Å². The van der Waals surface area contributed by atoms with Gasteiger partial charge in [-0.3, -0.25) is 4.79 Å². The molecule has 0 aromatic carbocycles. The number of likely N-dealkylation sites (N-methyl/N-ethyl adjacent to an activating group) is 1. The molecule has 1 aromatic rings. The smallest absolute Gasteiger partial charge is 0.245 e. The van der Waals surface area contributed by atoms with Crippen LogP contribution in [0.3, 0.4) is 0 Å². The number of nitrogens with one attached hydrogen (secondary N) is 1. The van der Waals surface area contributed by atoms with E-state index < -0.39 is 0 Å². The monoisotopic (exact) mass is 250 g/mol. The first-order chi connectivity index (χ1) is 8.74. The first-order valence-electron chi connectivity index (χ1n) is 6.06. The highest BCUT2D eigenvalue weighted by atomic mass is 16.5. The lowest BCUT2D eigenvalue weighted by Gasteiger charge is -2.36. The molecule has 1 amide bonds. The highest BCUT2D eigenvalue weighted by molar-refractivity contribution is 5.86. The zero-order valence-corrected chi connectivity index (χ0v) is 10.4. The fourth-order valence-electron chi connectivity index (χ4n) is 2.05. The van der Waals surface area contributed by atoms with Crippen LogP contribution in [-0.4, -0.2) is 43.2 Å². The van der Waals surface area contributed by atoms with Gasteiger partial charge in [-0.15, -0.1) is 0 Å². The highest BCUT2D eigenvalue weighted by Gasteiger charge is 2.30. The van der Waals surface area contributed by atoms with E-state index in [1.807, 2.05) is 24.0 Å². The zero-order chi connectivity index (χ0) is 13.0. The van der Waals surface area contributed by atoms with Crippen LogP contribution >= 0.6 is 0 Å². The Kier molecular flexibility index (Phi) is 3.99. The average Bonchev–Trinajstić information content (AvgIpc) is 2.40. The van der Waals surface area contributed by atoms with Crippen molar-refractivity contribution in [3.8, 4) is 0 Å². The van der Waals surface area contributed by atoms with Gasteiger partial charge in [-0.25, -0.2) is 4.98 Å². The SMILES string of the molecule is CCNC(=O)C1COCCN1c1cccnc1N. The third-order valence-corrected chi connectivity index (χ3v) is 2.91. The van der Waals surface area contributed by atoms with Crippen LogP contribution in [0.25, 0.3) is 0 Å². The van der Waals surface area contributed by atoms with Gasteiger partial charge in [-0.1, -0.05) is 0 Å². The number of hydrogen-bond donors (Lipinski definition) is 2. The van der Waals surface area contributed by atoms with Crippen LogP contribution in [-0.2, 0) is 9.53 Å². The summed E-state index contributed by atoms with van der Waals surface area (Å²) in [6.45, 7) is 4.10. The van der Waals surface area contributed by atoms with Gasteiger partial charge in [0.1, 0.15) is 11.9 Å². The van der Waals surface area contributed by atoms with Crippen molar-refractivity contribution >= 4 is 17.4 Å². The van der Waals surface area contributed by atoms with Crippen molar-refractivity contribution in [2.45, 2.75) is 13.0 Å². The van der Waals surface area contributed by atoms with E-state index in [2.05, 4.69) is 10.3 Å². The summed E-state index contributed by atoms with van der Waals surface area (Å²) in [5.74, 6) is 0.397. The van der Waals surface area contributed by atoms with Gasteiger partial charge in [0.2, 0.25) is 5.91 Å². The Morgan fingerprint density at radius 1 is 1.72 bits per heavy atom. The maximum Gasteiger partial charge on any atom is 0.245 e. The van der Waals surface area contributed by atoms with Crippen LogP contribution in [0.4, 0.5) is 11.5 Å². The van der Waals surface area contributed by atoms with E-state index in [0.29, 0.717) is 32.1 Å². The quantitative estimate of drug-likeness (QED) is 0.789. The van der Waals surface area contributed by atoms with E-state index >= 15 is 0 Å². The lowest BCUT2D eigenvalue weighted by molar-refractivity contribution is -0.124. The number of aromatic nitrogens is 1. The molecule has 2 rings (SSSR count). The van der Waals surface area contributed by atoms with E-state index in [1.165, 1.54) is 0 Å². The van der Waals surface area contributed by atoms with E-state index in [-0.39, 0.29) is 11.9 Å². The summed E-state index contributed by atoms with van der Waals surface area (Å²) in [5, 5.41) is 2.81. The predicted molar refractivity (Wildman–Crippen MR) is 69.3 cm³/mol. The Bertz CT molecular complexity index is 424. The molecule has 2 heterocycles. The Balaban J connectivity index is 2.23. The molecule has 0 saturated carbocycles. The molecule has 1 saturated heterocycles. The van der Waals surface area contributed by atoms with E-state index in [0.717, 1.165) is 5.69 Å². The van der Waals surface area contributed by atoms with Crippen molar-refractivity contribution in [1.29, 1.82) is 0 Å². The Labute approximate surface area is 106 Å². The summed E-state index contributed by atoms with van der Waals surface area (Å²) in [7, 11) is 0. The van der Waals surface area contributed by atoms with Gasteiger partial charge in [0, 0.05) is 19.3 Å². The molecule has 6 heteroatoms. The predicted octanol–water partition coefficient (Wildman–Crippen LogP) is 0.00510. The van der Waals surface area contributed by atoms with Gasteiger partial charge in [-0.2, -0.15) is 0 Å². The molecule has 98 valence electrons. The first-order valence-corrected chi connectivity index (χ1v) is 6.06. The molecule has 0 bridgehead atoms. The summed E-state index contributed by atoms with van der Waals surface area (Å²) < 4.78 is 5.38. The second-order valence-corrected chi connectivity index (χ2v) is 4.09. The van der Waals surface area contributed by atoms with E-state index in [1.54, 1.807) is 6.20 Å². The third-order valence-electron chi connectivity index (χ3n) is 2.91. The topological polar surface area (TPSA) is 80.5 Å². The lowest BCUT2D eigenvalue weighted by atomic mass is 10.2. The molecule has 1 aliphatic rings. The standard InChI is InChI=1S/C12H18N4O2/c1-2-14-12(17)10-8-18-7-6-16(10)9-4-3-5-15-11(9)13/h3-5,10H,2,6-8H2,1H3,(H2,13,15)(H,14,17). The molecule has 0 spiro atoms. The van der Waals surface area contributed by atoms with Crippen molar-refractivity contribution in [2.24, 2.45) is 0 Å². The third kappa shape index (κ3) is 2.53. The minimum absolute atomic E-state index is 0.0412. The molecule has 1 atom stereocenters. The molecule has 0 aliphatic carbocycles. The number of pyridine rings is 1. The van der Waals surface area contributed by atoms with Crippen molar-refractivity contribution in [3.63, 3.8) is 0 Å². The fourth-order valence-corrected chi connectivity index (χ4v) is 2.05. The number of carbonyl (C=O) groups excluding carboxylic acids is 1. The summed E-state index contributed by atoms with van der Waals surface area (Å²) >= 11 is 0. The largest absolute Gasteiger partial charge is 0.382 e. The summed E-state index contributed by atoms with van der Waals surface area (Å²) in [6, 6.07) is 3.35. The number of hydrogen-bond acceptors (Lipinski definition) is 5. The molecular formula is C12H18N4O2. The Hall–Kier alpha value is -1.82. The van der Waals surface area contributed by atoms with Crippen molar-refractivity contribution in [3.05, 3.63) is 18.3 Å². The number of nitrogens with zero attached hydrogens (tertiary/aromatic N) is 2. The van der Waals surface area contributed by atoms with Gasteiger partial charge in [0.15, 0.2) is 0 Å². The molecule has 1 aromatic heterocycles. The number of morpholine rings is 1. The van der Waals surface area contributed by atoms with Crippen molar-refractivity contribution < 1.29 is 9.53 Å². The molecule has 0 radical (unpaired) electrons. The second kappa shape index (κ2) is 5.68. The summed E-state index contributed by atoms with van der Waals surface area (Å²) in [5.41, 5.74) is 6.65. The number of ether oxygens (including phenoxy) is 1. The minimum Gasteiger partial charge on any atom is -0.382 e. The maximum atomic E-state index is 12.0. The summed E-state index contributed by atoms with van der Waals surface area (Å²) in [6.07, 6.45) is 1.64. The molecule has 1 aliphatic heterocycles. The second-order valence-electron chi connectivity index (χ2n) is 4.09. The van der Waals surface area contributed by atoms with Gasteiger partial charge in [-0.05, 0) is 19.1 Å². The number of anilines is 2. The highest BCUT2D eigenvalue weighted by Crippen LogP contribution is 2.24. The van der Waals surface area contributed by atoms with Gasteiger partial charge < -0.3 is 20.7 Å². The van der Waals surface area contributed by atoms with Gasteiger partial charge >= 0.3 is 0 Å². The number of nitrogen functional groups attached to an aromatic ring is 1. The fraction of sp³-hybridized carbons (Fsp3) is 0.500. The van der Waals surface area contributed by atoms with Gasteiger partial charge in [0.05, 0.1) is 18.9 Å². The van der Waals surface area contributed by atoms with Crippen LogP contribution in [0.2, 0.25) is 0 Å². The maximum absolute atomic E-state index is 12.0. The molecule has 6 nitrogen and oxygen atoms in total. The Morgan fingerprint density at radius 3 is 3.28 bits per heavy atom. The number of nitrogens with two attached hydrogens (primary N) is 1. The molecule has 1 unspecified atom stereocenters. The van der Waals surface area contributed by atoms with Crippen molar-refractivity contribution in [2.75, 3.05) is 36.9 Å². The van der Waals surface area contributed by atoms with Crippen LogP contribution in [0.5, 0.6) is 0 Å². The zero-order valence-electron chi connectivity index (χ0n) is 10.4. The number of carbonyl (C=O) groups is 1. The summed E-state index contributed by atoms with van der Waals surface area (Å²) in [4.78, 5) is 18.0. The Morgan fingerprint density at radius 2 is 2.56 bits per heavy atom. The molecular weight excluding hydrogens is 232 g/mol. The first kappa shape index (κ1) is 12.6. The van der Waals surface area contributed by atoms with E-state index in [4.69, 9.17) is 10.5 Å². The molecule has 3 N–H and O–H groups in total. The van der Waals surface area contributed by atoms with Crippen LogP contribution in [0.1, 0.15) is 6.92 Å². The molecule has 1 fully saturated rings. The minimum atomic E-state index is -0.342. The van der Waals surface area contributed by atoms with Crippen LogP contribution in [0.15, 0.2) is 18.3 Å². The average molecular weight is 250 g/mol. The van der Waals surface area contributed by atoms with Crippen LogP contribution < -0.4 is 16.0 Å². The van der Waals surface area contributed by atoms with E-state index in [9.17, 15) is 4.79 Å². The van der Waals surface area contributed by atoms with Crippen LogP contribution in [0, 0.1) is 0 Å². The normalized spacial score (nSPS) is 19.6. The van der Waals surface area contributed by atoms with Crippen molar-refractivity contribution in [1.82, 2.24) is 10.3 Å². The number of rotatable bonds is 3.